The molecule has 407 valence electrons. The summed E-state index contributed by atoms with van der Waals surface area (Å²) < 4.78 is 0. The van der Waals surface area contributed by atoms with Gasteiger partial charge in [-0.15, -0.1) is 11.4 Å². The average Bonchev–Trinajstić information content (AvgIpc) is 3.32. The Labute approximate surface area is 478 Å². The van der Waals surface area contributed by atoms with Crippen LogP contribution in [-0.4, -0.2) is 16.4 Å². The zero-order valence-corrected chi connectivity index (χ0v) is 54.1. The number of hydrogen-bond donors (Lipinski definition) is 0. The van der Waals surface area contributed by atoms with E-state index in [4.69, 9.17) is 45.9 Å². The molecule has 0 amide bonds. The van der Waals surface area contributed by atoms with Crippen LogP contribution in [0.1, 0.15) is 265 Å². The molecule has 0 aliphatic rings. The maximum atomic E-state index is 5.54. The van der Waals surface area contributed by atoms with E-state index >= 15 is 0 Å². The number of aliphatic imine (C=N–C) groups is 2. The third-order valence-corrected chi connectivity index (χ3v) is 13.4. The second kappa shape index (κ2) is 31.0. The fraction of sp³-hybridized carbons (Fsp3) is 0.500. The first-order valence-electron chi connectivity index (χ1n) is 26.1. The number of pyridine rings is 1. The van der Waals surface area contributed by atoms with E-state index in [0.29, 0.717) is 60.2 Å². The summed E-state index contributed by atoms with van der Waals surface area (Å²) in [6, 6.07) is 29.1. The van der Waals surface area contributed by atoms with Crippen LogP contribution in [0.5, 0.6) is 0 Å². The van der Waals surface area contributed by atoms with Crippen LogP contribution in [0.2, 0.25) is 0 Å². The fourth-order valence-corrected chi connectivity index (χ4v) is 9.22. The number of rotatable bonds is 19. The van der Waals surface area contributed by atoms with Crippen LogP contribution in [0.15, 0.2) is 88.8 Å². The molecule has 5 nitrogen and oxygen atoms in total. The molecule has 5 rings (SSSR count). The minimum atomic E-state index is -0.128. The van der Waals surface area contributed by atoms with E-state index in [0.717, 1.165) is 52.0 Å². The van der Waals surface area contributed by atoms with Gasteiger partial charge in [-0.05, 0) is 113 Å². The van der Waals surface area contributed by atoms with Crippen LogP contribution in [0.4, 0.5) is 22.7 Å². The third-order valence-electron chi connectivity index (χ3n) is 13.4. The van der Waals surface area contributed by atoms with E-state index < -0.39 is 0 Å². The molecule has 0 aliphatic carbocycles. The third kappa shape index (κ3) is 18.3. The maximum absolute atomic E-state index is 5.54. The zero-order valence-electron chi connectivity index (χ0n) is 47.4. The van der Waals surface area contributed by atoms with Crippen molar-refractivity contribution >= 4 is 82.9 Å². The first-order chi connectivity index (χ1) is 34.3. The summed E-state index contributed by atoms with van der Waals surface area (Å²) in [7, 11) is 10.7. The summed E-state index contributed by atoms with van der Waals surface area (Å²) in [4.78, 5) is 16.0. The van der Waals surface area contributed by atoms with E-state index in [9.17, 15) is 0 Å². The second-order valence-electron chi connectivity index (χ2n) is 21.8. The van der Waals surface area contributed by atoms with Crippen molar-refractivity contribution in [3.05, 3.63) is 157 Å². The van der Waals surface area contributed by atoms with Gasteiger partial charge in [-0.3, -0.25) is 15.0 Å². The Balaban J connectivity index is 0.00000223. The molecular formula is C62H85Br2Cl2CoN5Ni-2. The van der Waals surface area contributed by atoms with Crippen LogP contribution >= 0.6 is 48.7 Å². The molecule has 0 radical (unpaired) electrons. The molecule has 4 aromatic carbocycles. The molecule has 5 aromatic rings. The standard InChI is InChI=1S/C62H85N5.2BrH.2ClH.Co.Ni/c1-35(2)49-24-21-25-50(36(3)4)59(49)63-43(17)44(18)64-61-53(39(9)10)31-47(32-54(61)40(11)12)30-48-33-55(41(13)14)62(56(34-48)42(15)16)66-46(20)58-29-23-28-57(67-58)45(19)65-60-51(37(5)6)26-22-27-52(60)38(7)8;;;;;;/h21-29,31-42,45-46H,30H2,1-20H3;4*1H;;/q-2;;;;;2*+2/p-4. The summed E-state index contributed by atoms with van der Waals surface area (Å²) in [5.74, 6) is 2.72. The van der Waals surface area contributed by atoms with E-state index in [1.807, 2.05) is 0 Å². The minimum absolute atomic E-state index is 0.0904. The molecule has 0 saturated carbocycles. The predicted molar refractivity (Wildman–Crippen MR) is 323 cm³/mol. The Bertz CT molecular complexity index is 2490. The van der Waals surface area contributed by atoms with Gasteiger partial charge in [0.05, 0.1) is 22.8 Å². The van der Waals surface area contributed by atoms with Gasteiger partial charge >= 0.3 is 72.5 Å². The molecule has 0 aliphatic heterocycles. The van der Waals surface area contributed by atoms with Crippen molar-refractivity contribution < 1.29 is 23.8 Å². The van der Waals surface area contributed by atoms with E-state index in [2.05, 4.69) is 246 Å². The summed E-state index contributed by atoms with van der Waals surface area (Å²) >= 11 is 6.38. The van der Waals surface area contributed by atoms with Crippen LogP contribution in [-0.2, 0) is 30.2 Å². The molecule has 11 heteroatoms. The average molecular weight is 1250 g/mol. The normalized spacial score (nSPS) is 13.2. The topological polar surface area (TPSA) is 65.8 Å². The van der Waals surface area contributed by atoms with Gasteiger partial charge < -0.3 is 10.6 Å². The molecule has 2 unspecified atom stereocenters. The Hall–Kier alpha value is -2.49. The molecule has 0 fully saturated rings. The number of halogens is 4. The number of hydrogen-bond acceptors (Lipinski definition) is 3. The first-order valence-corrected chi connectivity index (χ1v) is 33.8. The Kier molecular flexibility index (Phi) is 27.6. The van der Waals surface area contributed by atoms with E-state index in [1.54, 1.807) is 0 Å². The van der Waals surface area contributed by atoms with Gasteiger partial charge in [0.2, 0.25) is 0 Å². The second-order valence-corrected chi connectivity index (χ2v) is 28.5. The van der Waals surface area contributed by atoms with Crippen LogP contribution in [0, 0.1) is 0 Å². The SMILES string of the molecule is CC(=Nc1c(C(C)C)cccc1C(C)C)C(C)=Nc1c(C(C)C)cc(Cc2cc(C(C)C)c([N-]C(C)c3cccc(C(C)[N-]c4c(C(C)C)cccc4C(C)C)n3)c(C(C)C)c2)cc1C(C)C.[Br][Ni][Br].[Cl][Co][Cl]. The Morgan fingerprint density at radius 1 is 0.466 bits per heavy atom. The summed E-state index contributed by atoms with van der Waals surface area (Å²) in [5, 5.41) is 10.9. The molecule has 0 saturated heterocycles. The van der Waals surface area contributed by atoms with Gasteiger partial charge in [0.15, 0.2) is 0 Å². The van der Waals surface area contributed by atoms with E-state index in [-0.39, 0.29) is 12.1 Å². The zero-order chi connectivity index (χ0) is 55.0. The van der Waals surface area contributed by atoms with Crippen molar-refractivity contribution in [1.29, 1.82) is 0 Å². The van der Waals surface area contributed by atoms with Crippen molar-refractivity contribution in [2.24, 2.45) is 9.98 Å². The van der Waals surface area contributed by atoms with Gasteiger partial charge in [0.25, 0.3) is 0 Å². The van der Waals surface area contributed by atoms with Crippen LogP contribution < -0.4 is 0 Å². The number of aromatic nitrogens is 1. The van der Waals surface area contributed by atoms with E-state index in [1.165, 1.54) is 66.5 Å². The molecule has 1 aromatic heterocycles. The monoisotopic (exact) mass is 1240 g/mol. The van der Waals surface area contributed by atoms with Crippen molar-refractivity contribution in [3.63, 3.8) is 0 Å². The van der Waals surface area contributed by atoms with Gasteiger partial charge in [0, 0.05) is 11.4 Å². The molecule has 0 spiro atoms. The van der Waals surface area contributed by atoms with Crippen molar-refractivity contribution in [1.82, 2.24) is 4.98 Å². The predicted octanol–water partition coefficient (Wildman–Crippen LogP) is 23.1. The number of benzene rings is 4. The Morgan fingerprint density at radius 3 is 1.04 bits per heavy atom. The first kappa shape index (κ1) is 64.8. The van der Waals surface area contributed by atoms with Crippen molar-refractivity contribution in [2.45, 2.75) is 204 Å². The van der Waals surface area contributed by atoms with Crippen molar-refractivity contribution in [2.75, 3.05) is 0 Å². The summed E-state index contributed by atoms with van der Waals surface area (Å²) in [6.45, 7) is 45.0. The molecule has 73 heavy (non-hydrogen) atoms. The molecular weight excluding hydrogens is 1160 g/mol. The quantitative estimate of drug-likeness (QED) is 0.0600. The van der Waals surface area contributed by atoms with Gasteiger partial charge in [0.1, 0.15) is 0 Å². The summed E-state index contributed by atoms with van der Waals surface area (Å²) in [5.41, 5.74) is 21.2. The fourth-order valence-electron chi connectivity index (χ4n) is 9.22. The number of para-hydroxylation sites is 2. The van der Waals surface area contributed by atoms with Crippen LogP contribution in [0.25, 0.3) is 10.6 Å². The van der Waals surface area contributed by atoms with Crippen LogP contribution in [0.3, 0.4) is 0 Å². The molecule has 0 bridgehead atoms. The molecule has 1 heterocycles. The summed E-state index contributed by atoms with van der Waals surface area (Å²) in [6.07, 6.45) is 0.839. The Morgan fingerprint density at radius 2 is 0.726 bits per heavy atom. The van der Waals surface area contributed by atoms with Gasteiger partial charge in [-0.2, -0.15) is 0 Å². The van der Waals surface area contributed by atoms with Gasteiger partial charge in [-0.1, -0.05) is 226 Å². The van der Waals surface area contributed by atoms with Gasteiger partial charge in [-0.25, -0.2) is 0 Å². The molecule has 0 N–H and O–H groups in total. The molecule has 2 atom stereocenters. The van der Waals surface area contributed by atoms with Crippen molar-refractivity contribution in [3.8, 4) is 0 Å². The number of nitrogens with zero attached hydrogens (tertiary/aromatic N) is 5.